The maximum absolute atomic E-state index is 12.3. The standard InChI is InChI=1S/C14H25N3O2S/c1-15-10-13-8-14(11-17(13)2)20(18,19)16-9-12-6-4-3-5-7-12/h8,11-12,15-16H,3-7,9-10H2,1-2H3. The first kappa shape index (κ1) is 15.5. The van der Waals surface area contributed by atoms with Crippen molar-refractivity contribution in [1.29, 1.82) is 0 Å². The lowest BCUT2D eigenvalue weighted by Crippen LogP contribution is -2.30. The summed E-state index contributed by atoms with van der Waals surface area (Å²) in [6.45, 7) is 1.23. The third kappa shape index (κ3) is 3.84. The molecule has 1 aromatic rings. The summed E-state index contributed by atoms with van der Waals surface area (Å²) in [6.07, 6.45) is 7.70. The van der Waals surface area contributed by atoms with Gasteiger partial charge in [0.2, 0.25) is 10.0 Å². The highest BCUT2D eigenvalue weighted by molar-refractivity contribution is 7.89. The SMILES string of the molecule is CNCc1cc(S(=O)(=O)NCC2CCCCC2)cn1C. The molecule has 0 saturated heterocycles. The van der Waals surface area contributed by atoms with Crippen LogP contribution in [0.1, 0.15) is 37.8 Å². The van der Waals surface area contributed by atoms with Gasteiger partial charge in [-0.25, -0.2) is 13.1 Å². The molecule has 0 bridgehead atoms. The summed E-state index contributed by atoms with van der Waals surface area (Å²) in [6, 6.07) is 1.74. The Balaban J connectivity index is 2.00. The van der Waals surface area contributed by atoms with Gasteiger partial charge in [0.1, 0.15) is 0 Å². The highest BCUT2D eigenvalue weighted by Gasteiger charge is 2.20. The van der Waals surface area contributed by atoms with E-state index in [1.54, 1.807) is 12.3 Å². The lowest BCUT2D eigenvalue weighted by Gasteiger charge is -2.21. The van der Waals surface area contributed by atoms with Crippen LogP contribution >= 0.6 is 0 Å². The van der Waals surface area contributed by atoms with Crippen LogP contribution in [-0.4, -0.2) is 26.6 Å². The Morgan fingerprint density at radius 1 is 1.30 bits per heavy atom. The number of hydrogen-bond acceptors (Lipinski definition) is 3. The minimum absolute atomic E-state index is 0.362. The quantitative estimate of drug-likeness (QED) is 0.839. The molecule has 1 aromatic heterocycles. The van der Waals surface area contributed by atoms with Gasteiger partial charge in [-0.2, -0.15) is 0 Å². The first-order chi connectivity index (χ1) is 9.53. The summed E-state index contributed by atoms with van der Waals surface area (Å²) in [5.74, 6) is 0.499. The van der Waals surface area contributed by atoms with E-state index in [0.717, 1.165) is 18.5 Å². The lowest BCUT2D eigenvalue weighted by molar-refractivity contribution is 0.357. The van der Waals surface area contributed by atoms with Gasteiger partial charge in [-0.1, -0.05) is 19.3 Å². The van der Waals surface area contributed by atoms with Crippen LogP contribution in [0.4, 0.5) is 0 Å². The maximum atomic E-state index is 12.3. The van der Waals surface area contributed by atoms with Gasteiger partial charge in [-0.15, -0.1) is 0 Å². The Bertz CT molecular complexity index is 531. The first-order valence-electron chi connectivity index (χ1n) is 7.32. The first-order valence-corrected chi connectivity index (χ1v) is 8.81. The molecule has 0 spiro atoms. The number of aryl methyl sites for hydroxylation is 1. The molecular formula is C14H25N3O2S. The largest absolute Gasteiger partial charge is 0.352 e. The van der Waals surface area contributed by atoms with E-state index in [0.29, 0.717) is 23.9 Å². The van der Waals surface area contributed by atoms with Crippen molar-refractivity contribution in [1.82, 2.24) is 14.6 Å². The highest BCUT2D eigenvalue weighted by atomic mass is 32.2. The number of sulfonamides is 1. The molecule has 6 heteroatoms. The summed E-state index contributed by atoms with van der Waals surface area (Å²) in [5.41, 5.74) is 0.963. The molecule has 0 aliphatic heterocycles. The monoisotopic (exact) mass is 299 g/mol. The van der Waals surface area contributed by atoms with Crippen molar-refractivity contribution < 1.29 is 8.42 Å². The van der Waals surface area contributed by atoms with Gasteiger partial charge in [0.25, 0.3) is 0 Å². The highest BCUT2D eigenvalue weighted by Crippen LogP contribution is 2.23. The average Bonchev–Trinajstić information content (AvgIpc) is 2.81. The van der Waals surface area contributed by atoms with E-state index in [2.05, 4.69) is 10.0 Å². The molecule has 1 heterocycles. The summed E-state index contributed by atoms with van der Waals surface area (Å²) in [5, 5.41) is 3.04. The molecule has 5 nitrogen and oxygen atoms in total. The van der Waals surface area contributed by atoms with Gasteiger partial charge in [0, 0.05) is 32.0 Å². The van der Waals surface area contributed by atoms with Crippen LogP contribution in [0.15, 0.2) is 17.2 Å². The van der Waals surface area contributed by atoms with Crippen LogP contribution in [0.3, 0.4) is 0 Å². The van der Waals surface area contributed by atoms with E-state index >= 15 is 0 Å². The molecule has 1 aliphatic rings. The normalized spacial score (nSPS) is 17.5. The predicted molar refractivity (Wildman–Crippen MR) is 79.9 cm³/mol. The second kappa shape index (κ2) is 6.74. The van der Waals surface area contributed by atoms with E-state index in [9.17, 15) is 8.42 Å². The molecule has 0 atom stereocenters. The molecular weight excluding hydrogens is 274 g/mol. The fraction of sp³-hybridized carbons (Fsp3) is 0.714. The summed E-state index contributed by atoms with van der Waals surface area (Å²) in [4.78, 5) is 0.362. The summed E-state index contributed by atoms with van der Waals surface area (Å²) >= 11 is 0. The van der Waals surface area contributed by atoms with Gasteiger partial charge < -0.3 is 9.88 Å². The lowest BCUT2D eigenvalue weighted by atomic mass is 9.90. The van der Waals surface area contributed by atoms with Crippen molar-refractivity contribution in [3.8, 4) is 0 Å². The second-order valence-corrected chi connectivity index (χ2v) is 7.43. The van der Waals surface area contributed by atoms with Crippen molar-refractivity contribution in [2.45, 2.75) is 43.5 Å². The molecule has 1 aliphatic carbocycles. The zero-order valence-corrected chi connectivity index (χ0v) is 13.2. The number of hydrogen-bond donors (Lipinski definition) is 2. The summed E-state index contributed by atoms with van der Waals surface area (Å²) in [7, 11) is 0.339. The van der Waals surface area contributed by atoms with E-state index in [4.69, 9.17) is 0 Å². The van der Waals surface area contributed by atoms with Crippen LogP contribution < -0.4 is 10.0 Å². The van der Waals surface area contributed by atoms with Crippen LogP contribution in [0, 0.1) is 5.92 Å². The molecule has 20 heavy (non-hydrogen) atoms. The van der Waals surface area contributed by atoms with Crippen LogP contribution in [0.25, 0.3) is 0 Å². The topological polar surface area (TPSA) is 63.1 Å². The molecule has 2 rings (SSSR count). The third-order valence-electron chi connectivity index (χ3n) is 4.04. The number of nitrogens with one attached hydrogen (secondary N) is 2. The van der Waals surface area contributed by atoms with Crippen molar-refractivity contribution in [2.75, 3.05) is 13.6 Å². The summed E-state index contributed by atoms with van der Waals surface area (Å²) < 4.78 is 29.2. The Morgan fingerprint density at radius 2 is 2.00 bits per heavy atom. The van der Waals surface area contributed by atoms with Gasteiger partial charge in [0.05, 0.1) is 4.90 Å². The minimum atomic E-state index is -3.38. The molecule has 2 N–H and O–H groups in total. The van der Waals surface area contributed by atoms with Crippen LogP contribution in [-0.2, 0) is 23.6 Å². The number of aromatic nitrogens is 1. The molecule has 0 aromatic carbocycles. The maximum Gasteiger partial charge on any atom is 0.242 e. The Hall–Kier alpha value is -0.850. The molecule has 0 radical (unpaired) electrons. The fourth-order valence-electron chi connectivity index (χ4n) is 2.78. The Kier molecular flexibility index (Phi) is 5.23. The van der Waals surface area contributed by atoms with Gasteiger partial charge in [-0.05, 0) is 31.9 Å². The number of rotatable bonds is 6. The van der Waals surface area contributed by atoms with Gasteiger partial charge in [-0.3, -0.25) is 0 Å². The van der Waals surface area contributed by atoms with Crippen molar-refractivity contribution in [2.24, 2.45) is 13.0 Å². The third-order valence-corrected chi connectivity index (χ3v) is 5.43. The molecule has 114 valence electrons. The Morgan fingerprint density at radius 3 is 2.65 bits per heavy atom. The number of nitrogens with zero attached hydrogens (tertiary/aromatic N) is 1. The zero-order chi connectivity index (χ0) is 14.6. The molecule has 1 fully saturated rings. The van der Waals surface area contributed by atoms with E-state index < -0.39 is 10.0 Å². The van der Waals surface area contributed by atoms with Gasteiger partial charge in [0.15, 0.2) is 0 Å². The zero-order valence-electron chi connectivity index (χ0n) is 12.4. The van der Waals surface area contributed by atoms with Crippen LogP contribution in [0.5, 0.6) is 0 Å². The minimum Gasteiger partial charge on any atom is -0.352 e. The van der Waals surface area contributed by atoms with Crippen LogP contribution in [0.2, 0.25) is 0 Å². The van der Waals surface area contributed by atoms with Gasteiger partial charge >= 0.3 is 0 Å². The van der Waals surface area contributed by atoms with Crippen molar-refractivity contribution in [3.63, 3.8) is 0 Å². The second-order valence-electron chi connectivity index (χ2n) is 5.66. The van der Waals surface area contributed by atoms with E-state index in [-0.39, 0.29) is 0 Å². The van der Waals surface area contributed by atoms with E-state index in [1.807, 2.05) is 18.7 Å². The average molecular weight is 299 g/mol. The van der Waals surface area contributed by atoms with Crippen molar-refractivity contribution >= 4 is 10.0 Å². The fourth-order valence-corrected chi connectivity index (χ4v) is 3.99. The van der Waals surface area contributed by atoms with E-state index in [1.165, 1.54) is 19.3 Å². The molecule has 0 amide bonds. The molecule has 1 saturated carbocycles. The smallest absolute Gasteiger partial charge is 0.242 e. The Labute approximate surface area is 121 Å². The molecule has 0 unspecified atom stereocenters. The van der Waals surface area contributed by atoms with Crippen molar-refractivity contribution in [3.05, 3.63) is 18.0 Å². The predicted octanol–water partition coefficient (Wildman–Crippen LogP) is 1.60.